The largest absolute Gasteiger partial charge is 0.349 e. The first-order valence-electron chi connectivity index (χ1n) is 3.97. The number of nitrogens with one attached hydrogen (secondary N) is 2. The van der Waals surface area contributed by atoms with Crippen LogP contribution in [0.4, 0.5) is 0 Å². The van der Waals surface area contributed by atoms with Crippen molar-refractivity contribution in [1.82, 2.24) is 10.6 Å². The quantitative estimate of drug-likeness (QED) is 0.551. The first-order chi connectivity index (χ1) is 5.33. The molecule has 11 heavy (non-hydrogen) atoms. The highest BCUT2D eigenvalue weighted by Crippen LogP contribution is 1.96. The third-order valence-electron chi connectivity index (χ3n) is 1.72. The Balaban J connectivity index is 2.23. The van der Waals surface area contributed by atoms with Crippen molar-refractivity contribution < 1.29 is 4.79 Å². The molecule has 0 radical (unpaired) electrons. The van der Waals surface area contributed by atoms with Crippen LogP contribution in [0, 0.1) is 0 Å². The number of hydrogen-bond acceptors (Lipinski definition) is 2. The van der Waals surface area contributed by atoms with Crippen molar-refractivity contribution >= 4 is 5.91 Å². The van der Waals surface area contributed by atoms with Crippen molar-refractivity contribution in [3.05, 3.63) is 12.2 Å². The molecule has 0 saturated carbocycles. The highest BCUT2D eigenvalue weighted by Gasteiger charge is 2.14. The van der Waals surface area contributed by atoms with E-state index in [0.717, 1.165) is 19.5 Å². The first kappa shape index (κ1) is 8.27. The molecule has 2 N–H and O–H groups in total. The van der Waals surface area contributed by atoms with Gasteiger partial charge >= 0.3 is 0 Å². The molecule has 62 valence electrons. The van der Waals surface area contributed by atoms with Gasteiger partial charge < -0.3 is 10.6 Å². The third kappa shape index (κ3) is 2.72. The molecular weight excluding hydrogens is 140 g/mol. The van der Waals surface area contributed by atoms with Gasteiger partial charge in [0.25, 0.3) is 0 Å². The van der Waals surface area contributed by atoms with Gasteiger partial charge in [0.1, 0.15) is 0 Å². The summed E-state index contributed by atoms with van der Waals surface area (Å²) in [5, 5.41) is 6.07. The second-order valence-corrected chi connectivity index (χ2v) is 2.70. The van der Waals surface area contributed by atoms with Crippen LogP contribution >= 0.6 is 0 Å². The lowest BCUT2D eigenvalue weighted by atomic mass is 10.2. The van der Waals surface area contributed by atoms with Crippen molar-refractivity contribution in [2.24, 2.45) is 0 Å². The van der Waals surface area contributed by atoms with Crippen LogP contribution in [0.5, 0.6) is 0 Å². The summed E-state index contributed by atoms with van der Waals surface area (Å²) in [5.41, 5.74) is 0. The predicted molar refractivity (Wildman–Crippen MR) is 44.2 cm³/mol. The van der Waals surface area contributed by atoms with Gasteiger partial charge in [0.05, 0.1) is 0 Å². The van der Waals surface area contributed by atoms with Crippen molar-refractivity contribution in [3.63, 3.8) is 0 Å². The van der Waals surface area contributed by atoms with Gasteiger partial charge in [-0.05, 0) is 26.0 Å². The molecule has 3 nitrogen and oxygen atoms in total. The van der Waals surface area contributed by atoms with Crippen LogP contribution < -0.4 is 10.6 Å². The van der Waals surface area contributed by atoms with E-state index in [1.54, 1.807) is 12.2 Å². The average Bonchev–Trinajstić information content (AvgIpc) is 2.40. The van der Waals surface area contributed by atoms with Crippen LogP contribution in [0.15, 0.2) is 12.2 Å². The van der Waals surface area contributed by atoms with Crippen LogP contribution in [0.3, 0.4) is 0 Å². The first-order valence-corrected chi connectivity index (χ1v) is 3.97. The maximum Gasteiger partial charge on any atom is 0.243 e. The van der Waals surface area contributed by atoms with Crippen LogP contribution in [0.2, 0.25) is 0 Å². The number of amides is 1. The van der Waals surface area contributed by atoms with Crippen molar-refractivity contribution in [1.29, 1.82) is 0 Å². The van der Waals surface area contributed by atoms with E-state index >= 15 is 0 Å². The number of carbonyl (C=O) groups is 1. The molecule has 0 aromatic heterocycles. The molecule has 0 aromatic rings. The number of carbonyl (C=O) groups excluding carboxylic acids is 1. The predicted octanol–water partition coefficient (Wildman–Crippen LogP) is 0.0406. The van der Waals surface area contributed by atoms with Gasteiger partial charge in [-0.15, -0.1) is 0 Å². The minimum Gasteiger partial charge on any atom is -0.349 e. The summed E-state index contributed by atoms with van der Waals surface area (Å²) in [6, 6.07) is 0.332. The Labute approximate surface area is 66.9 Å². The molecule has 1 heterocycles. The van der Waals surface area contributed by atoms with Gasteiger partial charge in [0.2, 0.25) is 5.91 Å². The lowest BCUT2D eigenvalue weighted by Crippen LogP contribution is -2.34. The Hall–Kier alpha value is -0.830. The summed E-state index contributed by atoms with van der Waals surface area (Å²) in [6.45, 7) is 3.76. The molecule has 1 atom stereocenters. The minimum atomic E-state index is 0.0150. The van der Waals surface area contributed by atoms with Gasteiger partial charge in [0.15, 0.2) is 0 Å². The van der Waals surface area contributed by atoms with Gasteiger partial charge in [-0.2, -0.15) is 0 Å². The minimum absolute atomic E-state index is 0.0150. The molecule has 0 aliphatic carbocycles. The zero-order valence-corrected chi connectivity index (χ0v) is 6.76. The molecule has 3 heteroatoms. The molecule has 1 aliphatic heterocycles. The normalized spacial score (nSPS) is 24.3. The summed E-state index contributed by atoms with van der Waals surface area (Å²) in [7, 11) is 0. The standard InChI is InChI=1S/C8H14N2O/c1-2-3-8(11)10-7-4-5-9-6-7/h2-3,7,9H,4-6H2,1H3,(H,10,11)/b3-2+/t7-/m1/s1. The fourth-order valence-corrected chi connectivity index (χ4v) is 1.18. The van der Waals surface area contributed by atoms with E-state index in [-0.39, 0.29) is 5.91 Å². The smallest absolute Gasteiger partial charge is 0.243 e. The Morgan fingerprint density at radius 2 is 2.55 bits per heavy atom. The van der Waals surface area contributed by atoms with Crippen LogP contribution in [-0.4, -0.2) is 25.0 Å². The van der Waals surface area contributed by atoms with Crippen molar-refractivity contribution in [2.75, 3.05) is 13.1 Å². The fraction of sp³-hybridized carbons (Fsp3) is 0.625. The van der Waals surface area contributed by atoms with Crippen LogP contribution in [0.25, 0.3) is 0 Å². The van der Waals surface area contributed by atoms with E-state index in [9.17, 15) is 4.79 Å². The Kier molecular flexibility index (Phi) is 3.11. The summed E-state index contributed by atoms with van der Waals surface area (Å²) in [5.74, 6) is 0.0150. The summed E-state index contributed by atoms with van der Waals surface area (Å²) < 4.78 is 0. The summed E-state index contributed by atoms with van der Waals surface area (Å²) >= 11 is 0. The molecule has 0 spiro atoms. The molecule has 1 aliphatic rings. The van der Waals surface area contributed by atoms with E-state index in [1.165, 1.54) is 0 Å². The maximum absolute atomic E-state index is 11.0. The molecule has 1 rings (SSSR count). The number of rotatable bonds is 2. The topological polar surface area (TPSA) is 41.1 Å². The number of allylic oxidation sites excluding steroid dienone is 1. The molecule has 1 saturated heterocycles. The third-order valence-corrected chi connectivity index (χ3v) is 1.72. The monoisotopic (exact) mass is 154 g/mol. The van der Waals surface area contributed by atoms with Crippen molar-refractivity contribution in [3.8, 4) is 0 Å². The maximum atomic E-state index is 11.0. The molecule has 0 aromatic carbocycles. The number of hydrogen-bond donors (Lipinski definition) is 2. The fourth-order valence-electron chi connectivity index (χ4n) is 1.18. The summed E-state index contributed by atoms with van der Waals surface area (Å²) in [4.78, 5) is 11.0. The van der Waals surface area contributed by atoms with Gasteiger partial charge in [0, 0.05) is 12.6 Å². The zero-order chi connectivity index (χ0) is 8.10. The average molecular weight is 154 g/mol. The Bertz CT molecular complexity index is 159. The highest BCUT2D eigenvalue weighted by molar-refractivity contribution is 5.87. The molecule has 1 amide bonds. The van der Waals surface area contributed by atoms with E-state index in [2.05, 4.69) is 10.6 Å². The Morgan fingerprint density at radius 3 is 3.09 bits per heavy atom. The van der Waals surface area contributed by atoms with Gasteiger partial charge in [-0.1, -0.05) is 6.08 Å². The zero-order valence-electron chi connectivity index (χ0n) is 6.76. The Morgan fingerprint density at radius 1 is 1.73 bits per heavy atom. The molecule has 0 bridgehead atoms. The second kappa shape index (κ2) is 4.13. The SMILES string of the molecule is C/C=C/C(=O)N[C@@H]1CCNC1. The van der Waals surface area contributed by atoms with E-state index in [1.807, 2.05) is 6.92 Å². The highest BCUT2D eigenvalue weighted by atomic mass is 16.1. The second-order valence-electron chi connectivity index (χ2n) is 2.70. The van der Waals surface area contributed by atoms with Crippen molar-refractivity contribution in [2.45, 2.75) is 19.4 Å². The summed E-state index contributed by atoms with van der Waals surface area (Å²) in [6.07, 6.45) is 4.35. The van der Waals surface area contributed by atoms with Crippen LogP contribution in [0.1, 0.15) is 13.3 Å². The molecule has 1 fully saturated rings. The van der Waals surface area contributed by atoms with E-state index in [0.29, 0.717) is 6.04 Å². The van der Waals surface area contributed by atoms with Gasteiger partial charge in [-0.3, -0.25) is 4.79 Å². The van der Waals surface area contributed by atoms with E-state index in [4.69, 9.17) is 0 Å². The van der Waals surface area contributed by atoms with Gasteiger partial charge in [-0.25, -0.2) is 0 Å². The van der Waals surface area contributed by atoms with E-state index < -0.39 is 0 Å². The lowest BCUT2D eigenvalue weighted by molar-refractivity contribution is -0.117. The molecule has 0 unspecified atom stereocenters. The van der Waals surface area contributed by atoms with Crippen LogP contribution in [-0.2, 0) is 4.79 Å². The molecular formula is C8H14N2O. The lowest BCUT2D eigenvalue weighted by Gasteiger charge is -2.07.